The van der Waals surface area contributed by atoms with Gasteiger partial charge in [0.05, 0.1) is 16.8 Å². The van der Waals surface area contributed by atoms with Crippen LogP contribution in [0.25, 0.3) is 0 Å². The van der Waals surface area contributed by atoms with Gasteiger partial charge in [0.15, 0.2) is 11.6 Å². The van der Waals surface area contributed by atoms with Crippen molar-refractivity contribution < 1.29 is 19.2 Å². The van der Waals surface area contributed by atoms with E-state index in [-0.39, 0.29) is 29.8 Å². The summed E-state index contributed by atoms with van der Waals surface area (Å²) in [4.78, 5) is 28.9. The second-order valence-corrected chi connectivity index (χ2v) is 6.97. The minimum atomic E-state index is -0.0543. The lowest BCUT2D eigenvalue weighted by atomic mass is 9.88. The highest BCUT2D eigenvalue weighted by Crippen LogP contribution is 2.27. The fraction of sp³-hybridized carbons (Fsp3) is 0.579. The number of aryl methyl sites for hydroxylation is 2. The molecule has 0 atom stereocenters. The number of aliphatic imine (C=N–C) groups is 1. The van der Waals surface area contributed by atoms with Gasteiger partial charge in [0.2, 0.25) is 0 Å². The summed E-state index contributed by atoms with van der Waals surface area (Å²) in [5.74, 6) is 0.695. The van der Waals surface area contributed by atoms with Gasteiger partial charge < -0.3 is 9.63 Å². The number of Topliss-reactive ketones (excluding diaryl/α,β-unsaturated/α-hetero) is 2. The molecule has 0 spiro atoms. The second kappa shape index (κ2) is 7.33. The molecule has 1 aromatic heterocycles. The summed E-state index contributed by atoms with van der Waals surface area (Å²) in [6, 6.07) is 0.0730. The van der Waals surface area contributed by atoms with E-state index in [2.05, 4.69) is 10.1 Å². The van der Waals surface area contributed by atoms with Crippen LogP contribution in [0.3, 0.4) is 0 Å². The van der Waals surface area contributed by atoms with Crippen LogP contribution in [-0.4, -0.2) is 33.6 Å². The number of hydrogen-bond donors (Lipinski definition) is 1. The van der Waals surface area contributed by atoms with Crippen LogP contribution in [0.1, 0.15) is 74.2 Å². The molecular weight excluding hydrogens is 320 g/mol. The van der Waals surface area contributed by atoms with Gasteiger partial charge in [-0.25, -0.2) is 0 Å². The Bertz CT molecular complexity index is 755. The molecule has 3 rings (SSSR count). The number of aromatic nitrogens is 1. The van der Waals surface area contributed by atoms with Crippen molar-refractivity contribution in [1.29, 1.82) is 0 Å². The molecule has 2 aliphatic rings. The Balaban J connectivity index is 1.82. The third-order valence-electron chi connectivity index (χ3n) is 4.61. The summed E-state index contributed by atoms with van der Waals surface area (Å²) in [5.41, 5.74) is 2.22. The predicted molar refractivity (Wildman–Crippen MR) is 93.2 cm³/mol. The third kappa shape index (κ3) is 3.72. The van der Waals surface area contributed by atoms with E-state index in [0.717, 1.165) is 19.3 Å². The molecule has 0 unspecified atom stereocenters. The first-order chi connectivity index (χ1) is 12.0. The Morgan fingerprint density at radius 1 is 1.16 bits per heavy atom. The SMILES string of the molecule is CC(C)N=C1CCCC(=O)/C1=C(/O)CCc1noc2c1C(=O)CCC2. The predicted octanol–water partition coefficient (Wildman–Crippen LogP) is 3.54. The second-order valence-electron chi connectivity index (χ2n) is 6.97. The Kier molecular flexibility index (Phi) is 5.16. The van der Waals surface area contributed by atoms with Crippen molar-refractivity contribution in [2.45, 2.75) is 71.3 Å². The number of rotatable bonds is 4. The van der Waals surface area contributed by atoms with Crippen molar-refractivity contribution in [1.82, 2.24) is 5.16 Å². The maximum absolute atomic E-state index is 12.3. The number of ketones is 2. The largest absolute Gasteiger partial charge is 0.511 e. The van der Waals surface area contributed by atoms with Gasteiger partial charge in [0.1, 0.15) is 11.5 Å². The summed E-state index contributed by atoms with van der Waals surface area (Å²) in [5, 5.41) is 14.5. The topological polar surface area (TPSA) is 92.8 Å². The molecule has 134 valence electrons. The first kappa shape index (κ1) is 17.6. The lowest BCUT2D eigenvalue weighted by Crippen LogP contribution is -2.22. The summed E-state index contributed by atoms with van der Waals surface area (Å²) in [6.07, 6.45) is 4.58. The Labute approximate surface area is 147 Å². The highest BCUT2D eigenvalue weighted by Gasteiger charge is 2.28. The molecule has 2 aliphatic carbocycles. The van der Waals surface area contributed by atoms with E-state index < -0.39 is 0 Å². The highest BCUT2D eigenvalue weighted by atomic mass is 16.5. The molecule has 6 nitrogen and oxygen atoms in total. The van der Waals surface area contributed by atoms with Crippen molar-refractivity contribution in [2.75, 3.05) is 0 Å². The molecule has 0 bridgehead atoms. The van der Waals surface area contributed by atoms with Crippen molar-refractivity contribution in [3.05, 3.63) is 28.3 Å². The zero-order valence-corrected chi connectivity index (χ0v) is 14.8. The smallest absolute Gasteiger partial charge is 0.168 e. The van der Waals surface area contributed by atoms with Crippen LogP contribution in [-0.2, 0) is 17.6 Å². The number of hydrogen-bond acceptors (Lipinski definition) is 6. The minimum absolute atomic E-state index is 0.0455. The van der Waals surface area contributed by atoms with Crippen LogP contribution in [0.4, 0.5) is 0 Å². The van der Waals surface area contributed by atoms with Crippen LogP contribution < -0.4 is 0 Å². The number of fused-ring (bicyclic) bond motifs is 1. The molecule has 0 aromatic carbocycles. The number of nitrogens with zero attached hydrogens (tertiary/aromatic N) is 2. The van der Waals surface area contributed by atoms with Crippen LogP contribution >= 0.6 is 0 Å². The van der Waals surface area contributed by atoms with Gasteiger partial charge >= 0.3 is 0 Å². The first-order valence-corrected chi connectivity index (χ1v) is 9.00. The Morgan fingerprint density at radius 3 is 2.64 bits per heavy atom. The van der Waals surface area contributed by atoms with Gasteiger partial charge in [0.25, 0.3) is 0 Å². The van der Waals surface area contributed by atoms with Crippen LogP contribution in [0.5, 0.6) is 0 Å². The molecule has 0 aliphatic heterocycles. The van der Waals surface area contributed by atoms with Gasteiger partial charge in [-0.15, -0.1) is 0 Å². The summed E-state index contributed by atoms with van der Waals surface area (Å²) >= 11 is 0. The average molecular weight is 344 g/mol. The lowest BCUT2D eigenvalue weighted by molar-refractivity contribution is -0.115. The molecule has 1 saturated carbocycles. The fourth-order valence-electron chi connectivity index (χ4n) is 3.51. The zero-order chi connectivity index (χ0) is 18.0. The van der Waals surface area contributed by atoms with Crippen molar-refractivity contribution in [3.63, 3.8) is 0 Å². The molecule has 6 heteroatoms. The Hall–Kier alpha value is -2.24. The van der Waals surface area contributed by atoms with E-state index in [9.17, 15) is 14.7 Å². The van der Waals surface area contributed by atoms with E-state index in [1.807, 2.05) is 13.8 Å². The standard InChI is InChI=1S/C19H24N2O4/c1-11(2)20-12-5-3-6-14(22)18(12)16(24)10-9-13-19-15(23)7-4-8-17(19)25-21-13/h11,24H,3-10H2,1-2H3/b18-16+,20-12?. The molecule has 1 N–H and O–H groups in total. The zero-order valence-electron chi connectivity index (χ0n) is 14.8. The molecular formula is C19H24N2O4. The van der Waals surface area contributed by atoms with E-state index in [1.54, 1.807) is 0 Å². The molecule has 0 amide bonds. The van der Waals surface area contributed by atoms with Gasteiger partial charge in [-0.1, -0.05) is 5.16 Å². The third-order valence-corrected chi connectivity index (χ3v) is 4.61. The molecule has 25 heavy (non-hydrogen) atoms. The maximum Gasteiger partial charge on any atom is 0.168 e. The number of carbonyl (C=O) groups excluding carboxylic acids is 2. The number of allylic oxidation sites excluding steroid dienone is 2. The first-order valence-electron chi connectivity index (χ1n) is 9.00. The summed E-state index contributed by atoms with van der Waals surface area (Å²) in [7, 11) is 0. The van der Waals surface area contributed by atoms with E-state index in [1.165, 1.54) is 0 Å². The molecule has 1 heterocycles. The Morgan fingerprint density at radius 2 is 1.88 bits per heavy atom. The van der Waals surface area contributed by atoms with Crippen LogP contribution in [0.15, 0.2) is 20.8 Å². The van der Waals surface area contributed by atoms with E-state index >= 15 is 0 Å². The van der Waals surface area contributed by atoms with Gasteiger partial charge in [-0.05, 0) is 33.1 Å². The molecule has 0 radical (unpaired) electrons. The van der Waals surface area contributed by atoms with Gasteiger partial charge in [-0.3, -0.25) is 14.6 Å². The summed E-state index contributed by atoms with van der Waals surface area (Å²) in [6.45, 7) is 3.90. The van der Waals surface area contributed by atoms with Crippen LogP contribution in [0, 0.1) is 0 Å². The maximum atomic E-state index is 12.3. The van der Waals surface area contributed by atoms with Gasteiger partial charge in [0, 0.05) is 43.9 Å². The van der Waals surface area contributed by atoms with E-state index in [4.69, 9.17) is 4.52 Å². The summed E-state index contributed by atoms with van der Waals surface area (Å²) < 4.78 is 5.27. The van der Waals surface area contributed by atoms with Crippen molar-refractivity contribution in [3.8, 4) is 0 Å². The van der Waals surface area contributed by atoms with E-state index in [0.29, 0.717) is 54.0 Å². The normalized spacial score (nSPS) is 21.8. The van der Waals surface area contributed by atoms with Crippen molar-refractivity contribution in [2.24, 2.45) is 4.99 Å². The number of carbonyl (C=O) groups is 2. The van der Waals surface area contributed by atoms with Gasteiger partial charge in [-0.2, -0.15) is 0 Å². The lowest BCUT2D eigenvalue weighted by Gasteiger charge is -2.18. The molecule has 0 saturated heterocycles. The highest BCUT2D eigenvalue weighted by molar-refractivity contribution is 6.24. The average Bonchev–Trinajstić information content (AvgIpc) is 2.97. The number of aliphatic hydroxyl groups excluding tert-OH is 1. The molecule has 1 fully saturated rings. The number of aliphatic hydroxyl groups is 1. The van der Waals surface area contributed by atoms with Crippen molar-refractivity contribution >= 4 is 17.3 Å². The molecule has 1 aromatic rings. The monoisotopic (exact) mass is 344 g/mol. The fourth-order valence-corrected chi connectivity index (χ4v) is 3.51. The minimum Gasteiger partial charge on any atom is -0.511 e. The quantitative estimate of drug-likeness (QED) is 0.666. The van der Waals surface area contributed by atoms with Crippen LogP contribution in [0.2, 0.25) is 0 Å².